The first-order valence-corrected chi connectivity index (χ1v) is 6.37. The van der Waals surface area contributed by atoms with Gasteiger partial charge in [0, 0.05) is 12.0 Å². The smallest absolute Gasteiger partial charge is 0.0912 e. The monoisotopic (exact) mass is 251 g/mol. The number of ether oxygens (including phenoxy) is 1. The maximum absolute atomic E-state index is 8.78. The van der Waals surface area contributed by atoms with Crippen LogP contribution in [0.2, 0.25) is 0 Å². The minimum atomic E-state index is 0.0570. The molecule has 0 unspecified atom stereocenters. The van der Waals surface area contributed by atoms with Gasteiger partial charge in [0.15, 0.2) is 0 Å². The molecule has 0 amide bonds. The van der Waals surface area contributed by atoms with Crippen molar-refractivity contribution in [3.05, 3.63) is 66.3 Å². The molecular formula is C17H17NO. The van der Waals surface area contributed by atoms with Gasteiger partial charge in [0.1, 0.15) is 0 Å². The van der Waals surface area contributed by atoms with E-state index in [1.165, 1.54) is 11.6 Å². The summed E-state index contributed by atoms with van der Waals surface area (Å²) in [5.74, 6) is 0.216. The molecule has 96 valence electrons. The molecule has 0 bridgehead atoms. The van der Waals surface area contributed by atoms with Crippen LogP contribution in [0, 0.1) is 17.2 Å². The van der Waals surface area contributed by atoms with Crippen molar-refractivity contribution in [1.29, 1.82) is 5.26 Å². The van der Waals surface area contributed by atoms with Crippen LogP contribution in [0.15, 0.2) is 60.7 Å². The lowest BCUT2D eigenvalue weighted by molar-refractivity contribution is 0.132. The van der Waals surface area contributed by atoms with Gasteiger partial charge in [-0.05, 0) is 29.7 Å². The van der Waals surface area contributed by atoms with Crippen molar-refractivity contribution >= 4 is 5.57 Å². The number of rotatable bonds is 3. The van der Waals surface area contributed by atoms with Gasteiger partial charge in [-0.3, -0.25) is 0 Å². The summed E-state index contributed by atoms with van der Waals surface area (Å²) >= 11 is 0. The maximum Gasteiger partial charge on any atom is 0.0912 e. The van der Waals surface area contributed by atoms with Crippen LogP contribution in [0.3, 0.4) is 0 Å². The van der Waals surface area contributed by atoms with Crippen LogP contribution in [0.25, 0.3) is 5.57 Å². The van der Waals surface area contributed by atoms with E-state index in [9.17, 15) is 0 Å². The summed E-state index contributed by atoms with van der Waals surface area (Å²) in [5, 5.41) is 8.78. The van der Waals surface area contributed by atoms with Crippen molar-refractivity contribution in [2.45, 2.75) is 13.0 Å². The Bertz CT molecular complexity index is 548. The Balaban J connectivity index is 2.57. The first-order chi connectivity index (χ1) is 9.27. The lowest BCUT2D eigenvalue weighted by atomic mass is 9.89. The topological polar surface area (TPSA) is 33.0 Å². The zero-order valence-electron chi connectivity index (χ0n) is 11.0. The Kier molecular flexibility index (Phi) is 4.33. The lowest BCUT2D eigenvalue weighted by Gasteiger charge is -2.14. The van der Waals surface area contributed by atoms with Crippen molar-refractivity contribution in [1.82, 2.24) is 0 Å². The molecule has 0 aromatic heterocycles. The van der Waals surface area contributed by atoms with E-state index in [0.717, 1.165) is 11.1 Å². The number of allylic oxidation sites excluding steroid dienone is 3. The van der Waals surface area contributed by atoms with Crippen LogP contribution in [-0.2, 0) is 4.74 Å². The number of hydrogen-bond acceptors (Lipinski definition) is 2. The van der Waals surface area contributed by atoms with Gasteiger partial charge in [-0.15, -0.1) is 6.58 Å². The molecular weight excluding hydrogens is 234 g/mol. The number of nitriles is 1. The summed E-state index contributed by atoms with van der Waals surface area (Å²) < 4.78 is 5.71. The predicted octanol–water partition coefficient (Wildman–Crippen LogP) is 3.74. The average Bonchev–Trinajstić information content (AvgIpc) is 2.82. The molecule has 2 rings (SSSR count). The summed E-state index contributed by atoms with van der Waals surface area (Å²) in [6, 6.07) is 12.1. The molecule has 2 nitrogen and oxygen atoms in total. The standard InChI is InChI=1S/C17H17NO/c1-3-14-12-19-13(2)17(14)16(10-7-11-18)15-8-5-4-6-9-15/h3-10,13-14H,1,12H2,2H3/b10-7+,17-16+/t13-,14+/m1/s1. The molecule has 0 radical (unpaired) electrons. The third-order valence-electron chi connectivity index (χ3n) is 3.37. The number of hydrogen-bond donors (Lipinski definition) is 0. The summed E-state index contributed by atoms with van der Waals surface area (Å²) in [5.41, 5.74) is 3.37. The fraction of sp³-hybridized carbons (Fsp3) is 0.235. The van der Waals surface area contributed by atoms with Gasteiger partial charge >= 0.3 is 0 Å². The van der Waals surface area contributed by atoms with Crippen molar-refractivity contribution in [3.8, 4) is 6.07 Å². The van der Waals surface area contributed by atoms with E-state index in [4.69, 9.17) is 10.00 Å². The average molecular weight is 251 g/mol. The Morgan fingerprint density at radius 1 is 1.42 bits per heavy atom. The molecule has 1 saturated heterocycles. The van der Waals surface area contributed by atoms with Crippen molar-refractivity contribution < 1.29 is 4.74 Å². The third kappa shape index (κ3) is 2.83. The molecule has 1 aromatic rings. The Morgan fingerprint density at radius 2 is 2.16 bits per heavy atom. The van der Waals surface area contributed by atoms with Crippen LogP contribution in [0.1, 0.15) is 12.5 Å². The molecule has 0 N–H and O–H groups in total. The highest BCUT2D eigenvalue weighted by Gasteiger charge is 2.28. The molecule has 1 heterocycles. The van der Waals surface area contributed by atoms with Gasteiger partial charge in [-0.2, -0.15) is 5.26 Å². The Labute approximate surface area is 114 Å². The second kappa shape index (κ2) is 6.17. The predicted molar refractivity (Wildman–Crippen MR) is 77.2 cm³/mol. The van der Waals surface area contributed by atoms with Gasteiger partial charge in [0.05, 0.1) is 18.8 Å². The van der Waals surface area contributed by atoms with Crippen LogP contribution in [0.4, 0.5) is 0 Å². The fourth-order valence-electron chi connectivity index (χ4n) is 2.44. The van der Waals surface area contributed by atoms with E-state index in [1.54, 1.807) is 0 Å². The molecule has 0 spiro atoms. The summed E-state index contributed by atoms with van der Waals surface area (Å²) in [6.45, 7) is 6.59. The molecule has 1 aromatic carbocycles. The van der Waals surface area contributed by atoms with E-state index < -0.39 is 0 Å². The van der Waals surface area contributed by atoms with E-state index >= 15 is 0 Å². The van der Waals surface area contributed by atoms with Crippen LogP contribution < -0.4 is 0 Å². The molecule has 0 aliphatic carbocycles. The molecule has 2 atom stereocenters. The molecule has 1 aliphatic rings. The van der Waals surface area contributed by atoms with Gasteiger partial charge in [-0.25, -0.2) is 0 Å². The number of benzene rings is 1. The van der Waals surface area contributed by atoms with Gasteiger partial charge in [0.2, 0.25) is 0 Å². The number of nitrogens with zero attached hydrogens (tertiary/aromatic N) is 1. The van der Waals surface area contributed by atoms with Gasteiger partial charge < -0.3 is 4.74 Å². The van der Waals surface area contributed by atoms with E-state index in [-0.39, 0.29) is 12.0 Å². The highest BCUT2D eigenvalue weighted by molar-refractivity contribution is 5.78. The van der Waals surface area contributed by atoms with Crippen molar-refractivity contribution in [2.24, 2.45) is 5.92 Å². The van der Waals surface area contributed by atoms with E-state index in [0.29, 0.717) is 6.61 Å². The molecule has 1 aliphatic heterocycles. The van der Waals surface area contributed by atoms with Crippen LogP contribution in [0.5, 0.6) is 0 Å². The molecule has 1 fully saturated rings. The largest absolute Gasteiger partial charge is 0.373 e. The third-order valence-corrected chi connectivity index (χ3v) is 3.37. The van der Waals surface area contributed by atoms with Gasteiger partial charge in [-0.1, -0.05) is 36.4 Å². The van der Waals surface area contributed by atoms with Crippen LogP contribution in [-0.4, -0.2) is 12.7 Å². The second-order valence-electron chi connectivity index (χ2n) is 4.52. The van der Waals surface area contributed by atoms with Crippen molar-refractivity contribution in [2.75, 3.05) is 6.61 Å². The van der Waals surface area contributed by atoms with Crippen LogP contribution >= 0.6 is 0 Å². The Hall–Kier alpha value is -2.11. The van der Waals surface area contributed by atoms with E-state index in [1.807, 2.05) is 37.3 Å². The maximum atomic E-state index is 8.78. The zero-order valence-corrected chi connectivity index (χ0v) is 11.0. The highest BCUT2D eigenvalue weighted by atomic mass is 16.5. The molecule has 0 saturated carbocycles. The minimum Gasteiger partial charge on any atom is -0.373 e. The fourth-order valence-corrected chi connectivity index (χ4v) is 2.44. The summed E-state index contributed by atoms with van der Waals surface area (Å²) in [6.07, 6.45) is 5.36. The highest BCUT2D eigenvalue weighted by Crippen LogP contribution is 2.34. The second-order valence-corrected chi connectivity index (χ2v) is 4.52. The summed E-state index contributed by atoms with van der Waals surface area (Å²) in [4.78, 5) is 0. The molecule has 2 heteroatoms. The zero-order chi connectivity index (χ0) is 13.7. The lowest BCUT2D eigenvalue weighted by Crippen LogP contribution is -2.06. The molecule has 19 heavy (non-hydrogen) atoms. The first-order valence-electron chi connectivity index (χ1n) is 6.37. The summed E-state index contributed by atoms with van der Waals surface area (Å²) in [7, 11) is 0. The Morgan fingerprint density at radius 3 is 2.79 bits per heavy atom. The van der Waals surface area contributed by atoms with Crippen molar-refractivity contribution in [3.63, 3.8) is 0 Å². The van der Waals surface area contributed by atoms with Gasteiger partial charge in [0.25, 0.3) is 0 Å². The normalized spacial score (nSPS) is 25.3. The quantitative estimate of drug-likeness (QED) is 0.605. The minimum absolute atomic E-state index is 0.0570. The van der Waals surface area contributed by atoms with E-state index in [2.05, 4.69) is 24.8 Å². The first kappa shape index (κ1) is 13.3. The SMILES string of the molecule is C=C[C@H]1CO[C@H](C)/C1=C(/C=C/C#N)c1ccccc1.